The van der Waals surface area contributed by atoms with Crippen LogP contribution in [0.25, 0.3) is 22.7 Å². The summed E-state index contributed by atoms with van der Waals surface area (Å²) in [6.45, 7) is 0. The number of hydrazine groups is 2. The standard InChI is InChI=1S/C13H12N4/c1-2-4-10-8(3-1)7-9-11(14-10)5-6-12-13(9)16-17-15-12/h1-5,7,12,15-17H,6H2. The van der Waals surface area contributed by atoms with E-state index in [4.69, 9.17) is 4.98 Å². The van der Waals surface area contributed by atoms with Gasteiger partial charge in [0.1, 0.15) is 0 Å². The fraction of sp³-hybridized carbons (Fsp3) is 0.154. The summed E-state index contributed by atoms with van der Waals surface area (Å²) in [5, 5.41) is 3.45. The van der Waals surface area contributed by atoms with Crippen LogP contribution >= 0.6 is 0 Å². The number of hydrogen-bond donors (Lipinski definition) is 3. The van der Waals surface area contributed by atoms with E-state index < -0.39 is 0 Å². The van der Waals surface area contributed by atoms with Crippen LogP contribution in [0, 0.1) is 0 Å². The van der Waals surface area contributed by atoms with Gasteiger partial charge in [-0.25, -0.2) is 10.4 Å². The number of nitrogens with zero attached hydrogens (tertiary/aromatic N) is 1. The molecule has 0 bridgehead atoms. The van der Waals surface area contributed by atoms with Crippen LogP contribution in [0.2, 0.25) is 0 Å². The molecule has 1 unspecified atom stereocenters. The number of pyridine rings is 1. The second-order valence-electron chi connectivity index (χ2n) is 4.41. The highest BCUT2D eigenvalue weighted by molar-refractivity contribution is 5.79. The predicted molar refractivity (Wildman–Crippen MR) is 66.7 cm³/mol. The molecule has 4 heteroatoms. The molecule has 1 fully saturated rings. The highest BCUT2D eigenvalue weighted by atomic mass is 15.6. The van der Waals surface area contributed by atoms with Crippen LogP contribution < -0.4 is 27.0 Å². The van der Waals surface area contributed by atoms with Gasteiger partial charge in [0.2, 0.25) is 0 Å². The van der Waals surface area contributed by atoms with E-state index in [2.05, 4.69) is 40.7 Å². The van der Waals surface area contributed by atoms with Gasteiger partial charge in [-0.2, -0.15) is 5.53 Å². The topological polar surface area (TPSA) is 49.0 Å². The van der Waals surface area contributed by atoms with Crippen molar-refractivity contribution in [3.05, 3.63) is 40.9 Å². The third-order valence-electron chi connectivity index (χ3n) is 3.38. The molecular weight excluding hydrogens is 212 g/mol. The molecule has 2 aromatic rings. The molecular formula is C13H12N4. The molecule has 3 N–H and O–H groups in total. The molecule has 2 aliphatic rings. The minimum absolute atomic E-state index is 0.338. The van der Waals surface area contributed by atoms with Gasteiger partial charge in [-0.1, -0.05) is 24.3 Å². The Balaban J connectivity index is 2.16. The number of benzene rings is 1. The molecule has 4 rings (SSSR count). The van der Waals surface area contributed by atoms with Crippen molar-refractivity contribution in [3.8, 4) is 0 Å². The minimum Gasteiger partial charge on any atom is -0.310 e. The highest BCUT2D eigenvalue weighted by Gasteiger charge is 2.22. The average Bonchev–Trinajstić information content (AvgIpc) is 2.85. The van der Waals surface area contributed by atoms with Crippen LogP contribution in [-0.4, -0.2) is 11.0 Å². The summed E-state index contributed by atoms with van der Waals surface area (Å²) in [5.41, 5.74) is 11.6. The number of rotatable bonds is 0. The highest BCUT2D eigenvalue weighted by Crippen LogP contribution is 2.11. The lowest BCUT2D eigenvalue weighted by molar-refractivity contribution is 0.550. The van der Waals surface area contributed by atoms with Crippen LogP contribution in [0.1, 0.15) is 6.42 Å². The Hall–Kier alpha value is -1.91. The molecule has 1 atom stereocenters. The van der Waals surface area contributed by atoms with Gasteiger partial charge in [0, 0.05) is 10.6 Å². The average molecular weight is 224 g/mol. The molecule has 1 aromatic carbocycles. The SMILES string of the molecule is C1=c2nc3ccccc3cc2=C2NNNC2C1. The molecule has 1 aliphatic carbocycles. The number of nitrogens with one attached hydrogen (secondary N) is 3. The Kier molecular flexibility index (Phi) is 1.77. The molecule has 1 aromatic heterocycles. The van der Waals surface area contributed by atoms with Crippen molar-refractivity contribution >= 4 is 22.7 Å². The van der Waals surface area contributed by atoms with E-state index in [-0.39, 0.29) is 0 Å². The lowest BCUT2D eigenvalue weighted by atomic mass is 10.0. The molecule has 0 spiro atoms. The van der Waals surface area contributed by atoms with Crippen LogP contribution in [0.5, 0.6) is 0 Å². The molecule has 4 nitrogen and oxygen atoms in total. The fourth-order valence-electron chi connectivity index (χ4n) is 2.51. The number of hydrogen-bond acceptors (Lipinski definition) is 4. The molecule has 1 saturated heterocycles. The zero-order valence-electron chi connectivity index (χ0n) is 9.20. The normalized spacial score (nSPS) is 21.6. The van der Waals surface area contributed by atoms with Gasteiger partial charge >= 0.3 is 0 Å². The molecule has 0 radical (unpaired) electrons. The first-order valence-corrected chi connectivity index (χ1v) is 5.78. The monoisotopic (exact) mass is 224 g/mol. The zero-order chi connectivity index (χ0) is 11.2. The molecule has 2 heterocycles. The van der Waals surface area contributed by atoms with E-state index in [0.717, 1.165) is 17.3 Å². The summed E-state index contributed by atoms with van der Waals surface area (Å²) < 4.78 is 0. The second kappa shape index (κ2) is 3.29. The van der Waals surface area contributed by atoms with Crippen molar-refractivity contribution in [2.75, 3.05) is 0 Å². The van der Waals surface area contributed by atoms with E-state index in [1.807, 2.05) is 12.1 Å². The van der Waals surface area contributed by atoms with Crippen molar-refractivity contribution in [3.63, 3.8) is 0 Å². The van der Waals surface area contributed by atoms with Crippen molar-refractivity contribution in [2.24, 2.45) is 0 Å². The van der Waals surface area contributed by atoms with Crippen molar-refractivity contribution < 1.29 is 0 Å². The maximum Gasteiger partial charge on any atom is 0.0709 e. The Morgan fingerprint density at radius 3 is 3.18 bits per heavy atom. The Labute approximate surface area is 98.0 Å². The summed E-state index contributed by atoms with van der Waals surface area (Å²) in [6.07, 6.45) is 3.16. The Bertz CT molecular complexity index is 720. The first-order valence-electron chi connectivity index (χ1n) is 5.78. The molecule has 0 saturated carbocycles. The van der Waals surface area contributed by atoms with E-state index in [1.54, 1.807) is 0 Å². The Morgan fingerprint density at radius 1 is 1.24 bits per heavy atom. The first kappa shape index (κ1) is 9.15. The summed E-state index contributed by atoms with van der Waals surface area (Å²) in [6, 6.07) is 10.8. The fourth-order valence-corrected chi connectivity index (χ4v) is 2.51. The predicted octanol–water partition coefficient (Wildman–Crippen LogP) is -0.492. The van der Waals surface area contributed by atoms with Gasteiger partial charge < -0.3 is 5.43 Å². The minimum atomic E-state index is 0.338. The summed E-state index contributed by atoms with van der Waals surface area (Å²) >= 11 is 0. The van der Waals surface area contributed by atoms with Gasteiger partial charge in [-0.05, 0) is 18.6 Å². The quantitative estimate of drug-likeness (QED) is 0.565. The van der Waals surface area contributed by atoms with Crippen LogP contribution in [-0.2, 0) is 0 Å². The van der Waals surface area contributed by atoms with Crippen LogP contribution in [0.4, 0.5) is 0 Å². The smallest absolute Gasteiger partial charge is 0.0709 e. The van der Waals surface area contributed by atoms with Crippen LogP contribution in [0.3, 0.4) is 0 Å². The van der Waals surface area contributed by atoms with E-state index in [9.17, 15) is 0 Å². The number of para-hydroxylation sites is 1. The summed E-state index contributed by atoms with van der Waals surface area (Å²) in [7, 11) is 0. The van der Waals surface area contributed by atoms with Gasteiger partial charge in [0.15, 0.2) is 0 Å². The maximum atomic E-state index is 4.70. The molecule has 0 amide bonds. The Morgan fingerprint density at radius 2 is 2.18 bits per heavy atom. The summed E-state index contributed by atoms with van der Waals surface area (Å²) in [5.74, 6) is 0. The van der Waals surface area contributed by atoms with Crippen molar-refractivity contribution in [2.45, 2.75) is 12.5 Å². The van der Waals surface area contributed by atoms with E-state index >= 15 is 0 Å². The van der Waals surface area contributed by atoms with E-state index in [1.165, 1.54) is 16.3 Å². The van der Waals surface area contributed by atoms with E-state index in [0.29, 0.717) is 6.04 Å². The van der Waals surface area contributed by atoms with Crippen molar-refractivity contribution in [1.82, 2.24) is 21.4 Å². The molecule has 1 aliphatic heterocycles. The van der Waals surface area contributed by atoms with Gasteiger partial charge in [0.05, 0.1) is 22.6 Å². The van der Waals surface area contributed by atoms with Gasteiger partial charge in [-0.3, -0.25) is 0 Å². The van der Waals surface area contributed by atoms with Crippen LogP contribution in [0.15, 0.2) is 30.3 Å². The zero-order valence-corrected chi connectivity index (χ0v) is 9.20. The number of aromatic nitrogens is 1. The largest absolute Gasteiger partial charge is 0.310 e. The first-order chi connectivity index (χ1) is 8.42. The maximum absolute atomic E-state index is 4.70. The molecule has 84 valence electrons. The second-order valence-corrected chi connectivity index (χ2v) is 4.41. The third kappa shape index (κ3) is 1.28. The van der Waals surface area contributed by atoms with Crippen molar-refractivity contribution in [1.29, 1.82) is 0 Å². The lowest BCUT2D eigenvalue weighted by Crippen LogP contribution is -2.39. The number of fused-ring (bicyclic) bond motifs is 3. The molecule has 17 heavy (non-hydrogen) atoms. The third-order valence-corrected chi connectivity index (χ3v) is 3.38. The lowest BCUT2D eigenvalue weighted by Gasteiger charge is -2.12. The van der Waals surface area contributed by atoms with Gasteiger partial charge in [0.25, 0.3) is 0 Å². The summed E-state index contributed by atoms with van der Waals surface area (Å²) in [4.78, 5) is 4.70. The van der Waals surface area contributed by atoms with Gasteiger partial charge in [-0.15, -0.1) is 0 Å².